The molecular formula is C15H19N5O. The van der Waals surface area contributed by atoms with Gasteiger partial charge in [-0.3, -0.25) is 5.41 Å². The number of nitrogens with zero attached hydrogens (tertiary/aromatic N) is 3. The smallest absolute Gasteiger partial charge is 0.166 e. The van der Waals surface area contributed by atoms with Crippen LogP contribution in [0.1, 0.15) is 16.8 Å². The zero-order chi connectivity index (χ0) is 15.6. The van der Waals surface area contributed by atoms with Crippen LogP contribution in [-0.2, 0) is 0 Å². The lowest BCUT2D eigenvalue weighted by Crippen LogP contribution is -2.22. The molecular weight excluding hydrogens is 266 g/mol. The molecule has 0 saturated carbocycles. The van der Waals surface area contributed by atoms with E-state index in [1.807, 2.05) is 50.1 Å². The average Bonchev–Trinajstić information content (AvgIpc) is 2.48. The number of nitrogen functional groups attached to an aromatic ring is 1. The average molecular weight is 285 g/mol. The highest BCUT2D eigenvalue weighted by molar-refractivity contribution is 6.01. The lowest BCUT2D eigenvalue weighted by atomic mass is 10.1. The number of aromatic nitrogens is 2. The number of nitrogens with one attached hydrogen (secondary N) is 1. The van der Waals surface area contributed by atoms with Crippen molar-refractivity contribution in [3.05, 3.63) is 41.1 Å². The van der Waals surface area contributed by atoms with E-state index in [-0.39, 0.29) is 5.84 Å². The number of anilines is 2. The van der Waals surface area contributed by atoms with Crippen LogP contribution in [-0.4, -0.2) is 30.2 Å². The number of aryl methyl sites for hydroxylation is 1. The molecule has 0 atom stereocenters. The van der Waals surface area contributed by atoms with Crippen molar-refractivity contribution >= 4 is 17.3 Å². The van der Waals surface area contributed by atoms with Crippen LogP contribution in [0.25, 0.3) is 0 Å². The van der Waals surface area contributed by atoms with E-state index in [4.69, 9.17) is 15.9 Å². The van der Waals surface area contributed by atoms with E-state index in [2.05, 4.69) is 10.2 Å². The topological polar surface area (TPSA) is 88.1 Å². The van der Waals surface area contributed by atoms with Crippen molar-refractivity contribution < 1.29 is 4.74 Å². The molecule has 0 aliphatic heterocycles. The van der Waals surface area contributed by atoms with Crippen LogP contribution in [0.2, 0.25) is 0 Å². The van der Waals surface area contributed by atoms with Gasteiger partial charge in [0.25, 0.3) is 0 Å². The molecule has 0 saturated heterocycles. The largest absolute Gasteiger partial charge is 0.497 e. The zero-order valence-electron chi connectivity index (χ0n) is 12.6. The molecule has 3 N–H and O–H groups in total. The summed E-state index contributed by atoms with van der Waals surface area (Å²) in [7, 11) is 3.49. The number of amidine groups is 1. The summed E-state index contributed by atoms with van der Waals surface area (Å²) in [5, 5.41) is 16.1. The molecule has 6 nitrogen and oxygen atoms in total. The van der Waals surface area contributed by atoms with Gasteiger partial charge in [0.1, 0.15) is 11.6 Å². The fraction of sp³-hybridized carbons (Fsp3) is 0.267. The third-order valence-corrected chi connectivity index (χ3v) is 3.48. The van der Waals surface area contributed by atoms with Gasteiger partial charge < -0.3 is 15.4 Å². The lowest BCUT2D eigenvalue weighted by molar-refractivity contribution is 0.415. The van der Waals surface area contributed by atoms with Crippen LogP contribution >= 0.6 is 0 Å². The van der Waals surface area contributed by atoms with Gasteiger partial charge in [-0.2, -0.15) is 5.10 Å². The summed E-state index contributed by atoms with van der Waals surface area (Å²) in [6.07, 6.45) is 0. The molecule has 0 spiro atoms. The standard InChI is InChI=1S/C15H19N5O/c1-9-10(2)18-19-15(13(9)14(16)17)20(3)11-5-7-12(21-4)8-6-11/h5-8H,1-4H3,(H3,16,17). The summed E-state index contributed by atoms with van der Waals surface area (Å²) in [6.45, 7) is 3.75. The predicted octanol–water partition coefficient (Wildman–Crippen LogP) is 2.15. The molecule has 2 aromatic rings. The third-order valence-electron chi connectivity index (χ3n) is 3.48. The molecule has 1 aromatic heterocycles. The number of rotatable bonds is 4. The second-order valence-electron chi connectivity index (χ2n) is 4.78. The van der Waals surface area contributed by atoms with E-state index in [1.165, 1.54) is 0 Å². The fourth-order valence-electron chi connectivity index (χ4n) is 2.08. The maximum absolute atomic E-state index is 7.80. The Hall–Kier alpha value is -2.63. The fourth-order valence-corrected chi connectivity index (χ4v) is 2.08. The summed E-state index contributed by atoms with van der Waals surface area (Å²) in [5.41, 5.74) is 8.88. The Morgan fingerprint density at radius 3 is 2.33 bits per heavy atom. The first-order valence-electron chi connectivity index (χ1n) is 6.51. The Morgan fingerprint density at radius 2 is 1.81 bits per heavy atom. The first-order valence-corrected chi connectivity index (χ1v) is 6.51. The van der Waals surface area contributed by atoms with Gasteiger partial charge in [0.05, 0.1) is 18.4 Å². The molecule has 0 bridgehead atoms. The molecule has 0 fully saturated rings. The van der Waals surface area contributed by atoms with Crippen molar-refractivity contribution in [1.29, 1.82) is 5.41 Å². The first-order chi connectivity index (χ1) is 9.95. The molecule has 1 heterocycles. The van der Waals surface area contributed by atoms with Gasteiger partial charge in [-0.05, 0) is 43.7 Å². The van der Waals surface area contributed by atoms with Gasteiger partial charge >= 0.3 is 0 Å². The Balaban J connectivity index is 2.49. The summed E-state index contributed by atoms with van der Waals surface area (Å²) in [4.78, 5) is 1.86. The third kappa shape index (κ3) is 2.79. The molecule has 2 rings (SSSR count). The Bertz CT molecular complexity index is 667. The Morgan fingerprint density at radius 1 is 1.19 bits per heavy atom. The maximum atomic E-state index is 7.80. The number of nitrogens with two attached hydrogens (primary N) is 1. The minimum Gasteiger partial charge on any atom is -0.497 e. The van der Waals surface area contributed by atoms with E-state index in [0.717, 1.165) is 22.7 Å². The van der Waals surface area contributed by atoms with E-state index in [9.17, 15) is 0 Å². The highest BCUT2D eigenvalue weighted by atomic mass is 16.5. The van der Waals surface area contributed by atoms with Crippen LogP contribution in [0.3, 0.4) is 0 Å². The normalized spacial score (nSPS) is 10.3. The van der Waals surface area contributed by atoms with Crippen LogP contribution in [0, 0.1) is 19.3 Å². The highest BCUT2D eigenvalue weighted by Crippen LogP contribution is 2.28. The van der Waals surface area contributed by atoms with Gasteiger partial charge in [0.15, 0.2) is 5.82 Å². The minimum atomic E-state index is -0.0131. The number of benzene rings is 1. The number of ether oxygens (including phenoxy) is 1. The van der Waals surface area contributed by atoms with Crippen LogP contribution in [0.15, 0.2) is 24.3 Å². The highest BCUT2D eigenvalue weighted by Gasteiger charge is 2.18. The summed E-state index contributed by atoms with van der Waals surface area (Å²) >= 11 is 0. The predicted molar refractivity (Wildman–Crippen MR) is 83.6 cm³/mol. The van der Waals surface area contributed by atoms with E-state index in [1.54, 1.807) is 7.11 Å². The van der Waals surface area contributed by atoms with Gasteiger partial charge in [-0.1, -0.05) is 0 Å². The molecule has 0 radical (unpaired) electrons. The molecule has 110 valence electrons. The first kappa shape index (κ1) is 14.8. The van der Waals surface area contributed by atoms with E-state index in [0.29, 0.717) is 11.4 Å². The second kappa shape index (κ2) is 5.78. The summed E-state index contributed by atoms with van der Waals surface area (Å²) in [6, 6.07) is 7.57. The molecule has 0 unspecified atom stereocenters. The molecule has 0 amide bonds. The van der Waals surface area contributed by atoms with Crippen LogP contribution in [0.5, 0.6) is 5.75 Å². The summed E-state index contributed by atoms with van der Waals surface area (Å²) in [5.74, 6) is 1.33. The van der Waals surface area contributed by atoms with Gasteiger partial charge in [-0.25, -0.2) is 0 Å². The minimum absolute atomic E-state index is 0.0131. The van der Waals surface area contributed by atoms with Crippen LogP contribution < -0.4 is 15.4 Å². The van der Waals surface area contributed by atoms with Gasteiger partial charge in [-0.15, -0.1) is 5.10 Å². The molecule has 0 aliphatic rings. The SMILES string of the molecule is COc1ccc(N(C)c2nnc(C)c(C)c2C(=N)N)cc1. The van der Waals surface area contributed by atoms with Crippen molar-refractivity contribution in [2.45, 2.75) is 13.8 Å². The summed E-state index contributed by atoms with van der Waals surface area (Å²) < 4.78 is 5.15. The van der Waals surface area contributed by atoms with Crippen molar-refractivity contribution in [2.75, 3.05) is 19.1 Å². The number of hydrogen-bond donors (Lipinski definition) is 2. The van der Waals surface area contributed by atoms with Gasteiger partial charge in [0.2, 0.25) is 0 Å². The Kier molecular flexibility index (Phi) is 4.07. The zero-order valence-corrected chi connectivity index (χ0v) is 12.6. The number of methoxy groups -OCH3 is 1. The molecule has 21 heavy (non-hydrogen) atoms. The van der Waals surface area contributed by atoms with Crippen LogP contribution in [0.4, 0.5) is 11.5 Å². The van der Waals surface area contributed by atoms with Crippen molar-refractivity contribution in [2.24, 2.45) is 5.73 Å². The van der Waals surface area contributed by atoms with Crippen molar-refractivity contribution in [1.82, 2.24) is 10.2 Å². The quantitative estimate of drug-likeness (QED) is 0.664. The van der Waals surface area contributed by atoms with Crippen molar-refractivity contribution in [3.63, 3.8) is 0 Å². The van der Waals surface area contributed by atoms with Crippen molar-refractivity contribution in [3.8, 4) is 5.75 Å². The second-order valence-corrected chi connectivity index (χ2v) is 4.78. The monoisotopic (exact) mass is 285 g/mol. The number of hydrogen-bond acceptors (Lipinski definition) is 5. The maximum Gasteiger partial charge on any atom is 0.166 e. The van der Waals surface area contributed by atoms with Gasteiger partial charge in [0, 0.05) is 12.7 Å². The molecule has 1 aromatic carbocycles. The Labute approximate surface area is 124 Å². The molecule has 6 heteroatoms. The molecule has 0 aliphatic carbocycles. The van der Waals surface area contributed by atoms with E-state index >= 15 is 0 Å². The van der Waals surface area contributed by atoms with E-state index < -0.39 is 0 Å². The lowest BCUT2D eigenvalue weighted by Gasteiger charge is -2.22.